The highest BCUT2D eigenvalue weighted by Crippen LogP contribution is 2.24. The zero-order valence-corrected chi connectivity index (χ0v) is 16.0. The van der Waals surface area contributed by atoms with Gasteiger partial charge in [0, 0.05) is 23.5 Å². The summed E-state index contributed by atoms with van der Waals surface area (Å²) in [6.07, 6.45) is 4.81. The van der Waals surface area contributed by atoms with Crippen LogP contribution >= 0.6 is 0 Å². The minimum Gasteiger partial charge on any atom is -0.313 e. The summed E-state index contributed by atoms with van der Waals surface area (Å²) in [6.45, 7) is 1.81. The quantitative estimate of drug-likeness (QED) is 0.315. The summed E-state index contributed by atoms with van der Waals surface area (Å²) in [5, 5.41) is 4.05. The van der Waals surface area contributed by atoms with Gasteiger partial charge in [-0.1, -0.05) is 12.1 Å². The molecule has 30 heavy (non-hydrogen) atoms. The van der Waals surface area contributed by atoms with E-state index < -0.39 is 11.7 Å². The van der Waals surface area contributed by atoms with Crippen LogP contribution in [0.3, 0.4) is 0 Å². The van der Waals surface area contributed by atoms with Crippen molar-refractivity contribution in [2.45, 2.75) is 6.92 Å². The molecule has 0 aliphatic carbocycles. The molecule has 3 aromatic heterocycles. The summed E-state index contributed by atoms with van der Waals surface area (Å²) in [4.78, 5) is 29.2. The van der Waals surface area contributed by atoms with Crippen molar-refractivity contribution in [1.82, 2.24) is 14.8 Å². The van der Waals surface area contributed by atoms with Gasteiger partial charge in [-0.2, -0.15) is 5.10 Å². The van der Waals surface area contributed by atoms with Crippen LogP contribution in [-0.4, -0.2) is 27.3 Å². The summed E-state index contributed by atoms with van der Waals surface area (Å²) < 4.78 is 15.0. The Balaban J connectivity index is 1.69. The highest BCUT2D eigenvalue weighted by molar-refractivity contribution is 6.12. The van der Waals surface area contributed by atoms with Crippen LogP contribution in [0.2, 0.25) is 0 Å². The second-order valence-corrected chi connectivity index (χ2v) is 6.59. The summed E-state index contributed by atoms with van der Waals surface area (Å²) in [5.41, 5.74) is 5.69. The molecule has 0 unspecified atom stereocenters. The lowest BCUT2D eigenvalue weighted by Gasteiger charge is -2.04. The second kappa shape index (κ2) is 8.08. The maximum Gasteiger partial charge on any atom is 0.289 e. The summed E-state index contributed by atoms with van der Waals surface area (Å²) in [5.74, 6) is -1.07. The Bertz CT molecular complexity index is 1260. The number of hydrogen-bond donors (Lipinski definition) is 1. The van der Waals surface area contributed by atoms with Crippen LogP contribution in [-0.2, 0) is 0 Å². The average molecular weight is 400 g/mol. The Morgan fingerprint density at radius 1 is 1.07 bits per heavy atom. The molecule has 7 heteroatoms. The second-order valence-electron chi connectivity index (χ2n) is 6.59. The third kappa shape index (κ3) is 3.60. The number of carbonyl (C=O) groups is 2. The molecule has 0 bridgehead atoms. The predicted molar refractivity (Wildman–Crippen MR) is 111 cm³/mol. The maximum atomic E-state index is 13.2. The molecule has 0 atom stereocenters. The molecule has 0 saturated carbocycles. The van der Waals surface area contributed by atoms with Gasteiger partial charge in [0.1, 0.15) is 11.5 Å². The van der Waals surface area contributed by atoms with Gasteiger partial charge in [0.25, 0.3) is 5.91 Å². The van der Waals surface area contributed by atoms with Crippen molar-refractivity contribution < 1.29 is 14.0 Å². The number of nitrogens with zero attached hydrogens (tertiary/aromatic N) is 3. The first kappa shape index (κ1) is 19.2. The van der Waals surface area contributed by atoms with E-state index in [1.807, 2.05) is 25.1 Å². The summed E-state index contributed by atoms with van der Waals surface area (Å²) in [7, 11) is 0. The lowest BCUT2D eigenvalue weighted by atomic mass is 10.0. The Morgan fingerprint density at radius 2 is 1.83 bits per heavy atom. The number of amides is 1. The van der Waals surface area contributed by atoms with Gasteiger partial charge in [-0.15, -0.1) is 0 Å². The van der Waals surface area contributed by atoms with Crippen molar-refractivity contribution in [3.63, 3.8) is 0 Å². The lowest BCUT2D eigenvalue weighted by molar-refractivity contribution is 0.0949. The largest absolute Gasteiger partial charge is 0.313 e. The van der Waals surface area contributed by atoms with Crippen LogP contribution in [0.1, 0.15) is 37.7 Å². The number of halogens is 1. The fourth-order valence-corrected chi connectivity index (χ4v) is 3.25. The van der Waals surface area contributed by atoms with Crippen molar-refractivity contribution in [2.24, 2.45) is 5.10 Å². The van der Waals surface area contributed by atoms with E-state index in [0.29, 0.717) is 22.4 Å². The van der Waals surface area contributed by atoms with Gasteiger partial charge in [0.2, 0.25) is 5.78 Å². The van der Waals surface area contributed by atoms with E-state index in [9.17, 15) is 14.0 Å². The number of ketones is 1. The number of benzene rings is 1. The minimum absolute atomic E-state index is 0.231. The topological polar surface area (TPSA) is 75.8 Å². The molecule has 6 nitrogen and oxygen atoms in total. The van der Waals surface area contributed by atoms with E-state index >= 15 is 0 Å². The molecule has 0 aliphatic rings. The summed E-state index contributed by atoms with van der Waals surface area (Å²) in [6, 6.07) is 16.0. The molecule has 1 N–H and O–H groups in total. The zero-order chi connectivity index (χ0) is 21.1. The van der Waals surface area contributed by atoms with Gasteiger partial charge in [-0.05, 0) is 61.0 Å². The molecule has 0 saturated heterocycles. The van der Waals surface area contributed by atoms with E-state index in [-0.39, 0.29) is 11.5 Å². The number of nitrogens with one attached hydrogen (secondary N) is 1. The van der Waals surface area contributed by atoms with Crippen LogP contribution in [0.15, 0.2) is 78.2 Å². The molecular formula is C23H17FN4O2. The van der Waals surface area contributed by atoms with Crippen molar-refractivity contribution >= 4 is 23.4 Å². The van der Waals surface area contributed by atoms with Crippen LogP contribution in [0.5, 0.6) is 0 Å². The van der Waals surface area contributed by atoms with Crippen LogP contribution in [0.4, 0.5) is 4.39 Å². The fourth-order valence-electron chi connectivity index (χ4n) is 3.25. The van der Waals surface area contributed by atoms with E-state index in [1.165, 1.54) is 36.7 Å². The minimum atomic E-state index is -0.435. The van der Waals surface area contributed by atoms with Gasteiger partial charge < -0.3 is 4.40 Å². The Hall–Kier alpha value is -4.13. The Kier molecular flexibility index (Phi) is 5.17. The number of fused-ring (bicyclic) bond motifs is 1. The molecule has 0 aliphatic heterocycles. The highest BCUT2D eigenvalue weighted by atomic mass is 19.1. The molecule has 4 aromatic rings. The van der Waals surface area contributed by atoms with Crippen molar-refractivity contribution in [3.8, 4) is 0 Å². The molecule has 1 aromatic carbocycles. The molecule has 148 valence electrons. The van der Waals surface area contributed by atoms with Crippen molar-refractivity contribution in [2.75, 3.05) is 0 Å². The van der Waals surface area contributed by atoms with Gasteiger partial charge in [0.05, 0.1) is 17.4 Å². The van der Waals surface area contributed by atoms with Gasteiger partial charge in [0.15, 0.2) is 0 Å². The normalized spacial score (nSPS) is 11.1. The first-order valence-corrected chi connectivity index (χ1v) is 9.20. The van der Waals surface area contributed by atoms with Crippen LogP contribution < -0.4 is 5.43 Å². The number of rotatable bonds is 5. The molecule has 4 rings (SSSR count). The smallest absolute Gasteiger partial charge is 0.289 e. The van der Waals surface area contributed by atoms with Crippen molar-refractivity contribution in [3.05, 3.63) is 107 Å². The van der Waals surface area contributed by atoms with Gasteiger partial charge in [-0.3, -0.25) is 14.6 Å². The Labute approximate surface area is 171 Å². The predicted octanol–water partition coefficient (Wildman–Crippen LogP) is 3.78. The third-order valence-corrected chi connectivity index (χ3v) is 4.71. The number of hydrogen-bond acceptors (Lipinski definition) is 4. The lowest BCUT2D eigenvalue weighted by Crippen LogP contribution is -2.18. The summed E-state index contributed by atoms with van der Waals surface area (Å²) >= 11 is 0. The first-order valence-electron chi connectivity index (χ1n) is 9.20. The molecule has 1 amide bonds. The Morgan fingerprint density at radius 3 is 2.57 bits per heavy atom. The van der Waals surface area contributed by atoms with Crippen LogP contribution in [0.25, 0.3) is 5.52 Å². The maximum absolute atomic E-state index is 13.2. The number of aromatic nitrogens is 2. The van der Waals surface area contributed by atoms with E-state index in [2.05, 4.69) is 15.5 Å². The third-order valence-electron chi connectivity index (χ3n) is 4.71. The fraction of sp³-hybridized carbons (Fsp3) is 0.0435. The number of carbonyl (C=O) groups excluding carboxylic acids is 2. The molecule has 0 fully saturated rings. The van der Waals surface area contributed by atoms with E-state index in [0.717, 1.165) is 5.52 Å². The first-order chi connectivity index (χ1) is 14.6. The number of hydrazone groups is 1. The van der Waals surface area contributed by atoms with E-state index in [1.54, 1.807) is 28.8 Å². The SMILES string of the molecule is Cc1c(/C=N\NC(=O)c2ccccn2)c2ccccn2c1C(=O)c1ccc(F)cc1. The highest BCUT2D eigenvalue weighted by Gasteiger charge is 2.21. The molecule has 0 spiro atoms. The molecular weight excluding hydrogens is 383 g/mol. The standard InChI is InChI=1S/C23H17FN4O2/c1-15-18(14-26-27-23(30)19-6-2-4-12-25-19)20-7-3-5-13-28(20)21(15)22(29)16-8-10-17(24)11-9-16/h2-14H,1H3,(H,27,30)/b26-14-. The molecule has 3 heterocycles. The van der Waals surface area contributed by atoms with Gasteiger partial charge in [-0.25, -0.2) is 9.82 Å². The van der Waals surface area contributed by atoms with Crippen molar-refractivity contribution in [1.29, 1.82) is 0 Å². The van der Waals surface area contributed by atoms with E-state index in [4.69, 9.17) is 0 Å². The monoisotopic (exact) mass is 400 g/mol. The average Bonchev–Trinajstić information content (AvgIpc) is 3.06. The zero-order valence-electron chi connectivity index (χ0n) is 16.0. The number of pyridine rings is 2. The molecule has 0 radical (unpaired) electrons. The van der Waals surface area contributed by atoms with Gasteiger partial charge >= 0.3 is 0 Å². The van der Waals surface area contributed by atoms with Crippen LogP contribution in [0, 0.1) is 12.7 Å².